The van der Waals surface area contributed by atoms with Gasteiger partial charge in [0.2, 0.25) is 11.8 Å². The largest absolute Gasteiger partial charge is 0.368 e. The van der Waals surface area contributed by atoms with Gasteiger partial charge in [0.1, 0.15) is 6.61 Å². The van der Waals surface area contributed by atoms with Crippen molar-refractivity contribution >= 4 is 11.8 Å². The SMILES string of the molecule is CC(C)N(CC(N)=O)C(=O)COC(C)(C)C. The maximum absolute atomic E-state index is 11.8. The van der Waals surface area contributed by atoms with Gasteiger partial charge in [0.15, 0.2) is 0 Å². The molecule has 0 atom stereocenters. The molecule has 0 bridgehead atoms. The molecule has 0 fully saturated rings. The Labute approximate surface area is 96.9 Å². The third-order valence-electron chi connectivity index (χ3n) is 1.90. The number of amides is 2. The van der Waals surface area contributed by atoms with Gasteiger partial charge in [-0.2, -0.15) is 0 Å². The highest BCUT2D eigenvalue weighted by molar-refractivity contribution is 5.84. The van der Waals surface area contributed by atoms with Crippen LogP contribution in [0.1, 0.15) is 34.6 Å². The fraction of sp³-hybridized carbons (Fsp3) is 0.818. The summed E-state index contributed by atoms with van der Waals surface area (Å²) in [4.78, 5) is 24.0. The van der Waals surface area contributed by atoms with Crippen LogP contribution in [-0.2, 0) is 14.3 Å². The van der Waals surface area contributed by atoms with Crippen LogP contribution in [0.4, 0.5) is 0 Å². The zero-order valence-electron chi connectivity index (χ0n) is 10.7. The second-order valence-electron chi connectivity index (χ2n) is 4.98. The van der Waals surface area contributed by atoms with Crippen LogP contribution in [0.25, 0.3) is 0 Å². The quantitative estimate of drug-likeness (QED) is 0.748. The fourth-order valence-corrected chi connectivity index (χ4v) is 1.09. The number of hydrogen-bond acceptors (Lipinski definition) is 3. The number of carbonyl (C=O) groups excluding carboxylic acids is 2. The molecule has 2 N–H and O–H groups in total. The number of rotatable bonds is 5. The van der Waals surface area contributed by atoms with E-state index in [0.717, 1.165) is 0 Å². The summed E-state index contributed by atoms with van der Waals surface area (Å²) >= 11 is 0. The molecule has 0 aliphatic heterocycles. The molecule has 0 aromatic rings. The Balaban J connectivity index is 4.34. The van der Waals surface area contributed by atoms with Crippen molar-refractivity contribution in [1.82, 2.24) is 4.90 Å². The number of ether oxygens (including phenoxy) is 1. The minimum absolute atomic E-state index is 0.0328. The van der Waals surface area contributed by atoms with E-state index < -0.39 is 5.91 Å². The van der Waals surface area contributed by atoms with E-state index in [4.69, 9.17) is 10.5 Å². The standard InChI is InChI=1S/C11H22N2O3/c1-8(2)13(6-9(12)14)10(15)7-16-11(3,4)5/h8H,6-7H2,1-5H3,(H2,12,14). The summed E-state index contributed by atoms with van der Waals surface area (Å²) in [6, 6.07) is -0.0661. The molecule has 0 spiro atoms. The molecule has 0 heterocycles. The van der Waals surface area contributed by atoms with Crippen LogP contribution in [0.5, 0.6) is 0 Å². The summed E-state index contributed by atoms with van der Waals surface area (Å²) < 4.78 is 5.36. The third kappa shape index (κ3) is 6.40. The second-order valence-corrected chi connectivity index (χ2v) is 4.98. The van der Waals surface area contributed by atoms with E-state index in [9.17, 15) is 9.59 Å². The third-order valence-corrected chi connectivity index (χ3v) is 1.90. The molecule has 16 heavy (non-hydrogen) atoms. The van der Waals surface area contributed by atoms with E-state index in [1.165, 1.54) is 4.90 Å². The smallest absolute Gasteiger partial charge is 0.249 e. The Morgan fingerprint density at radius 2 is 1.81 bits per heavy atom. The highest BCUT2D eigenvalue weighted by Crippen LogP contribution is 2.08. The van der Waals surface area contributed by atoms with Gasteiger partial charge in [0, 0.05) is 6.04 Å². The number of primary amides is 1. The molecular weight excluding hydrogens is 208 g/mol. The number of carbonyl (C=O) groups is 2. The van der Waals surface area contributed by atoms with E-state index in [-0.39, 0.29) is 30.7 Å². The van der Waals surface area contributed by atoms with E-state index >= 15 is 0 Å². The Morgan fingerprint density at radius 3 is 2.12 bits per heavy atom. The minimum atomic E-state index is -0.516. The van der Waals surface area contributed by atoms with E-state index in [2.05, 4.69) is 0 Å². The van der Waals surface area contributed by atoms with Gasteiger partial charge in [-0.3, -0.25) is 9.59 Å². The van der Waals surface area contributed by atoms with Gasteiger partial charge in [0.05, 0.1) is 12.1 Å². The first-order chi connectivity index (χ1) is 7.13. The van der Waals surface area contributed by atoms with Gasteiger partial charge >= 0.3 is 0 Å². The molecule has 0 rings (SSSR count). The Hall–Kier alpha value is -1.10. The molecule has 0 aromatic heterocycles. The van der Waals surface area contributed by atoms with Crippen LogP contribution >= 0.6 is 0 Å². The van der Waals surface area contributed by atoms with Crippen LogP contribution in [0.3, 0.4) is 0 Å². The number of nitrogens with zero attached hydrogens (tertiary/aromatic N) is 1. The number of nitrogens with two attached hydrogens (primary N) is 1. The lowest BCUT2D eigenvalue weighted by atomic mass is 10.2. The predicted molar refractivity (Wildman–Crippen MR) is 61.7 cm³/mol. The van der Waals surface area contributed by atoms with E-state index in [1.54, 1.807) is 0 Å². The van der Waals surface area contributed by atoms with Gasteiger partial charge in [-0.15, -0.1) is 0 Å². The zero-order chi connectivity index (χ0) is 12.9. The van der Waals surface area contributed by atoms with Crippen molar-refractivity contribution in [1.29, 1.82) is 0 Å². The van der Waals surface area contributed by atoms with Crippen LogP contribution in [-0.4, -0.2) is 41.5 Å². The molecule has 0 saturated heterocycles. The monoisotopic (exact) mass is 230 g/mol. The summed E-state index contributed by atoms with van der Waals surface area (Å²) in [6.45, 7) is 9.17. The Kier molecular flexibility index (Phi) is 5.44. The maximum Gasteiger partial charge on any atom is 0.249 e. The predicted octanol–water partition coefficient (Wildman–Crippen LogP) is 0.524. The zero-order valence-corrected chi connectivity index (χ0v) is 10.7. The molecule has 0 aliphatic rings. The molecule has 5 heteroatoms. The lowest BCUT2D eigenvalue weighted by Gasteiger charge is -2.27. The van der Waals surface area contributed by atoms with Crippen molar-refractivity contribution in [2.24, 2.45) is 5.73 Å². The van der Waals surface area contributed by atoms with Crippen molar-refractivity contribution in [2.45, 2.75) is 46.3 Å². The van der Waals surface area contributed by atoms with Crippen LogP contribution in [0.2, 0.25) is 0 Å². The maximum atomic E-state index is 11.8. The molecule has 94 valence electrons. The summed E-state index contributed by atoms with van der Waals surface area (Å²) in [5, 5.41) is 0. The summed E-state index contributed by atoms with van der Waals surface area (Å²) in [7, 11) is 0. The molecule has 0 aliphatic carbocycles. The van der Waals surface area contributed by atoms with E-state index in [0.29, 0.717) is 0 Å². The van der Waals surface area contributed by atoms with Gasteiger partial charge in [0.25, 0.3) is 0 Å². The average molecular weight is 230 g/mol. The number of hydrogen-bond donors (Lipinski definition) is 1. The van der Waals surface area contributed by atoms with E-state index in [1.807, 2.05) is 34.6 Å². The molecule has 0 saturated carbocycles. The first-order valence-corrected chi connectivity index (χ1v) is 5.35. The fourth-order valence-electron chi connectivity index (χ4n) is 1.09. The Morgan fingerprint density at radius 1 is 1.31 bits per heavy atom. The van der Waals surface area contributed by atoms with Gasteiger partial charge in [-0.05, 0) is 34.6 Å². The summed E-state index contributed by atoms with van der Waals surface area (Å²) in [5.41, 5.74) is 4.71. The summed E-state index contributed by atoms with van der Waals surface area (Å²) in [5.74, 6) is -0.735. The molecule has 2 amide bonds. The van der Waals surface area contributed by atoms with Crippen LogP contribution < -0.4 is 5.73 Å². The van der Waals surface area contributed by atoms with Crippen molar-refractivity contribution in [3.05, 3.63) is 0 Å². The van der Waals surface area contributed by atoms with Crippen molar-refractivity contribution < 1.29 is 14.3 Å². The van der Waals surface area contributed by atoms with Crippen molar-refractivity contribution in [2.75, 3.05) is 13.2 Å². The molecule has 0 aromatic carbocycles. The molecule has 0 radical (unpaired) electrons. The molecular formula is C11H22N2O3. The highest BCUT2D eigenvalue weighted by Gasteiger charge is 2.21. The molecule has 0 unspecified atom stereocenters. The average Bonchev–Trinajstić information content (AvgIpc) is 2.08. The lowest BCUT2D eigenvalue weighted by molar-refractivity contribution is -0.145. The van der Waals surface area contributed by atoms with Crippen molar-refractivity contribution in [3.8, 4) is 0 Å². The second kappa shape index (κ2) is 5.84. The first kappa shape index (κ1) is 14.9. The van der Waals surface area contributed by atoms with Crippen molar-refractivity contribution in [3.63, 3.8) is 0 Å². The first-order valence-electron chi connectivity index (χ1n) is 5.35. The van der Waals surface area contributed by atoms with Crippen LogP contribution in [0.15, 0.2) is 0 Å². The minimum Gasteiger partial charge on any atom is -0.368 e. The Bertz CT molecular complexity index is 256. The topological polar surface area (TPSA) is 72.6 Å². The van der Waals surface area contributed by atoms with Gasteiger partial charge < -0.3 is 15.4 Å². The molecule has 5 nitrogen and oxygen atoms in total. The normalized spacial score (nSPS) is 11.6. The lowest BCUT2D eigenvalue weighted by Crippen LogP contribution is -2.45. The van der Waals surface area contributed by atoms with Crippen LogP contribution in [0, 0.1) is 0 Å². The van der Waals surface area contributed by atoms with Gasteiger partial charge in [-0.25, -0.2) is 0 Å². The summed E-state index contributed by atoms with van der Waals surface area (Å²) in [6.07, 6.45) is 0. The highest BCUT2D eigenvalue weighted by atomic mass is 16.5. The van der Waals surface area contributed by atoms with Gasteiger partial charge in [-0.1, -0.05) is 0 Å².